The molecule has 0 spiro atoms. The topological polar surface area (TPSA) is 12.4 Å². The van der Waals surface area contributed by atoms with E-state index in [0.717, 1.165) is 11.5 Å². The van der Waals surface area contributed by atoms with Crippen molar-refractivity contribution >= 4 is 23.1 Å². The van der Waals surface area contributed by atoms with E-state index in [0.29, 0.717) is 11.5 Å². The van der Waals surface area contributed by atoms with E-state index < -0.39 is 11.6 Å². The molecule has 0 atom stereocenters. The number of hydrogen-bond acceptors (Lipinski definition) is 2. The Hall–Kier alpha value is -1.90. The third-order valence-electron chi connectivity index (χ3n) is 5.43. The first kappa shape index (κ1) is 18.9. The zero-order valence-corrected chi connectivity index (χ0v) is 15.8. The Morgan fingerprint density at radius 3 is 2.15 bits per heavy atom. The van der Waals surface area contributed by atoms with Gasteiger partial charge in [-0.15, -0.1) is 0 Å². The van der Waals surface area contributed by atoms with Crippen molar-refractivity contribution in [1.82, 2.24) is 0 Å². The molecule has 0 N–H and O–H groups in total. The zero-order chi connectivity index (χ0) is 18.5. The van der Waals surface area contributed by atoms with Crippen LogP contribution in [0.2, 0.25) is 0 Å². The predicted molar refractivity (Wildman–Crippen MR) is 106 cm³/mol. The molecule has 0 aliphatic heterocycles. The monoisotopic (exact) mass is 371 g/mol. The van der Waals surface area contributed by atoms with Crippen molar-refractivity contribution in [2.24, 2.45) is 10.9 Å². The average molecular weight is 371 g/mol. The summed E-state index contributed by atoms with van der Waals surface area (Å²) in [5.74, 6) is 0.0336. The number of thiocarbonyl (C=S) groups is 1. The number of aliphatic imine (C=N–C) groups is 1. The molecule has 1 aliphatic carbocycles. The molecular weight excluding hydrogens is 348 g/mol. The number of nitrogens with zero attached hydrogens (tertiary/aromatic N) is 1. The number of benzene rings is 2. The molecule has 0 saturated heterocycles. The molecule has 0 aromatic heterocycles. The van der Waals surface area contributed by atoms with Gasteiger partial charge >= 0.3 is 0 Å². The van der Waals surface area contributed by atoms with Crippen molar-refractivity contribution < 1.29 is 8.78 Å². The Balaban J connectivity index is 1.75. The van der Waals surface area contributed by atoms with Crippen LogP contribution in [-0.2, 0) is 0 Å². The number of isothiocyanates is 1. The van der Waals surface area contributed by atoms with E-state index in [1.54, 1.807) is 0 Å². The lowest BCUT2D eigenvalue weighted by atomic mass is 9.77. The maximum Gasteiger partial charge on any atom is 0.153 e. The molecule has 0 heterocycles. The Kier molecular flexibility index (Phi) is 6.29. The summed E-state index contributed by atoms with van der Waals surface area (Å²) in [4.78, 5) is 3.45. The van der Waals surface area contributed by atoms with Gasteiger partial charge in [-0.25, -0.2) is 8.78 Å². The van der Waals surface area contributed by atoms with E-state index in [1.165, 1.54) is 56.2 Å². The van der Waals surface area contributed by atoms with Gasteiger partial charge in [0.1, 0.15) is 5.69 Å². The maximum absolute atomic E-state index is 14.0. The van der Waals surface area contributed by atoms with Crippen LogP contribution in [0.15, 0.2) is 41.4 Å². The summed E-state index contributed by atoms with van der Waals surface area (Å²) in [5, 5.41) is 2.01. The first-order valence-corrected chi connectivity index (χ1v) is 9.70. The fourth-order valence-corrected chi connectivity index (χ4v) is 4.12. The fourth-order valence-electron chi connectivity index (χ4n) is 4.03. The standard InChI is InChI=1S/C22H23F2NS/c1-2-3-15-4-6-16(7-5-15)17-8-10-18(11-9-17)19-12-20(23)22(25-14-26)21(24)13-19/h8-13,15-16H,2-7H2,1H3. The normalized spacial score (nSPS) is 19.8. The highest BCUT2D eigenvalue weighted by molar-refractivity contribution is 7.78. The van der Waals surface area contributed by atoms with Crippen molar-refractivity contribution in [1.29, 1.82) is 0 Å². The van der Waals surface area contributed by atoms with Gasteiger partial charge in [-0.3, -0.25) is 0 Å². The molecule has 0 unspecified atom stereocenters. The van der Waals surface area contributed by atoms with Crippen LogP contribution >= 0.6 is 12.2 Å². The molecule has 2 aromatic rings. The maximum atomic E-state index is 14.0. The molecule has 1 nitrogen and oxygen atoms in total. The molecular formula is C22H23F2NS. The van der Waals surface area contributed by atoms with Crippen LogP contribution in [0, 0.1) is 17.6 Å². The van der Waals surface area contributed by atoms with Gasteiger partial charge in [-0.05, 0) is 78.6 Å². The fraction of sp³-hybridized carbons (Fsp3) is 0.409. The first-order valence-electron chi connectivity index (χ1n) is 9.29. The second-order valence-electron chi connectivity index (χ2n) is 7.12. The minimum atomic E-state index is -0.726. The Morgan fingerprint density at radius 2 is 1.62 bits per heavy atom. The van der Waals surface area contributed by atoms with Crippen LogP contribution in [0.4, 0.5) is 14.5 Å². The summed E-state index contributed by atoms with van der Waals surface area (Å²) in [5.41, 5.74) is 2.24. The van der Waals surface area contributed by atoms with Gasteiger partial charge in [0.25, 0.3) is 0 Å². The highest BCUT2D eigenvalue weighted by atomic mass is 32.1. The highest BCUT2D eigenvalue weighted by Gasteiger charge is 2.21. The number of halogens is 2. The largest absolute Gasteiger partial charge is 0.204 e. The highest BCUT2D eigenvalue weighted by Crippen LogP contribution is 2.38. The van der Waals surface area contributed by atoms with Gasteiger partial charge in [0.2, 0.25) is 0 Å². The van der Waals surface area contributed by atoms with E-state index in [2.05, 4.69) is 36.3 Å². The Labute approximate surface area is 159 Å². The van der Waals surface area contributed by atoms with E-state index in [1.807, 2.05) is 17.3 Å². The summed E-state index contributed by atoms with van der Waals surface area (Å²) in [7, 11) is 0. The average Bonchev–Trinajstić information content (AvgIpc) is 2.66. The molecule has 1 fully saturated rings. The van der Waals surface area contributed by atoms with Crippen molar-refractivity contribution in [2.75, 3.05) is 0 Å². The molecule has 1 aliphatic rings. The van der Waals surface area contributed by atoms with E-state index >= 15 is 0 Å². The minimum Gasteiger partial charge on any atom is -0.204 e. The van der Waals surface area contributed by atoms with Crippen molar-refractivity contribution in [3.05, 3.63) is 53.6 Å². The van der Waals surface area contributed by atoms with Crippen LogP contribution in [0.3, 0.4) is 0 Å². The van der Waals surface area contributed by atoms with Gasteiger partial charge < -0.3 is 0 Å². The number of hydrogen-bond donors (Lipinski definition) is 0. The Bertz CT molecular complexity index is 778. The third kappa shape index (κ3) is 4.25. The quantitative estimate of drug-likeness (QED) is 0.393. The van der Waals surface area contributed by atoms with Crippen molar-refractivity contribution in [3.8, 4) is 11.1 Å². The third-order valence-corrected chi connectivity index (χ3v) is 5.52. The summed E-state index contributed by atoms with van der Waals surface area (Å²) in [6, 6.07) is 10.7. The summed E-state index contributed by atoms with van der Waals surface area (Å²) < 4.78 is 28.1. The predicted octanol–water partition coefficient (Wildman–Crippen LogP) is 7.44. The molecule has 3 rings (SSSR count). The summed E-state index contributed by atoms with van der Waals surface area (Å²) >= 11 is 4.43. The van der Waals surface area contributed by atoms with E-state index in [9.17, 15) is 8.78 Å². The lowest BCUT2D eigenvalue weighted by molar-refractivity contribution is 0.308. The van der Waals surface area contributed by atoms with E-state index in [-0.39, 0.29) is 5.69 Å². The molecule has 136 valence electrons. The summed E-state index contributed by atoms with van der Waals surface area (Å²) in [6.07, 6.45) is 7.68. The van der Waals surface area contributed by atoms with Crippen LogP contribution in [0.25, 0.3) is 11.1 Å². The lowest BCUT2D eigenvalue weighted by Gasteiger charge is -2.28. The van der Waals surface area contributed by atoms with E-state index in [4.69, 9.17) is 0 Å². The molecule has 4 heteroatoms. The molecule has 1 saturated carbocycles. The first-order chi connectivity index (χ1) is 12.6. The van der Waals surface area contributed by atoms with Crippen LogP contribution < -0.4 is 0 Å². The van der Waals surface area contributed by atoms with Gasteiger partial charge in [-0.2, -0.15) is 4.99 Å². The molecule has 0 amide bonds. The molecule has 26 heavy (non-hydrogen) atoms. The van der Waals surface area contributed by atoms with Crippen LogP contribution in [-0.4, -0.2) is 5.16 Å². The van der Waals surface area contributed by atoms with Crippen molar-refractivity contribution in [3.63, 3.8) is 0 Å². The van der Waals surface area contributed by atoms with Gasteiger partial charge in [0, 0.05) is 0 Å². The van der Waals surface area contributed by atoms with Crippen molar-refractivity contribution in [2.45, 2.75) is 51.4 Å². The van der Waals surface area contributed by atoms with Gasteiger partial charge in [0.05, 0.1) is 5.16 Å². The molecule has 2 aromatic carbocycles. The second-order valence-corrected chi connectivity index (χ2v) is 7.30. The van der Waals surface area contributed by atoms with Gasteiger partial charge in [0.15, 0.2) is 11.6 Å². The SMILES string of the molecule is CCCC1CCC(c2ccc(-c3cc(F)c(N=C=S)c(F)c3)cc2)CC1. The smallest absolute Gasteiger partial charge is 0.153 e. The lowest BCUT2D eigenvalue weighted by Crippen LogP contribution is -2.13. The number of rotatable bonds is 5. The summed E-state index contributed by atoms with van der Waals surface area (Å²) in [6.45, 7) is 2.25. The molecule has 0 bridgehead atoms. The minimum absolute atomic E-state index is 0.385. The second kappa shape index (κ2) is 8.66. The van der Waals surface area contributed by atoms with Crippen LogP contribution in [0.5, 0.6) is 0 Å². The van der Waals surface area contributed by atoms with Gasteiger partial charge in [-0.1, -0.05) is 44.0 Å². The zero-order valence-electron chi connectivity index (χ0n) is 15.0. The van der Waals surface area contributed by atoms with Crippen LogP contribution in [0.1, 0.15) is 56.9 Å². The molecule has 0 radical (unpaired) electrons. The Morgan fingerprint density at radius 1 is 1.00 bits per heavy atom.